The number of nitrogens with one attached hydrogen (secondary N) is 1. The van der Waals surface area contributed by atoms with E-state index >= 15 is 0 Å². The van der Waals surface area contributed by atoms with Gasteiger partial charge in [-0.05, 0) is 24.3 Å². The van der Waals surface area contributed by atoms with E-state index < -0.39 is 10.0 Å². The molecule has 0 bridgehead atoms. The normalized spacial score (nSPS) is 11.2. The third-order valence-electron chi connectivity index (χ3n) is 2.60. The van der Waals surface area contributed by atoms with Crippen molar-refractivity contribution in [2.45, 2.75) is 11.8 Å². The third kappa shape index (κ3) is 3.28. The lowest BCUT2D eigenvalue weighted by Crippen LogP contribution is -2.23. The summed E-state index contributed by atoms with van der Waals surface area (Å²) >= 11 is 0. The molecule has 0 amide bonds. The van der Waals surface area contributed by atoms with Gasteiger partial charge >= 0.3 is 0 Å². The van der Waals surface area contributed by atoms with Gasteiger partial charge in [-0.15, -0.1) is 0 Å². The molecule has 106 valence electrons. The Morgan fingerprint density at radius 3 is 2.50 bits per heavy atom. The highest BCUT2D eigenvalue weighted by atomic mass is 32.2. The number of para-hydroxylation sites is 1. The molecule has 20 heavy (non-hydrogen) atoms. The van der Waals surface area contributed by atoms with E-state index in [-0.39, 0.29) is 4.90 Å². The van der Waals surface area contributed by atoms with E-state index in [1.165, 1.54) is 18.2 Å². The number of anilines is 1. The molecular formula is C14H16N2O3S. The second-order valence-corrected chi connectivity index (χ2v) is 5.88. The Labute approximate surface area is 118 Å². The molecule has 2 aromatic rings. The van der Waals surface area contributed by atoms with Gasteiger partial charge in [0.2, 0.25) is 10.0 Å². The summed E-state index contributed by atoms with van der Waals surface area (Å²) in [6.45, 7) is 2.04. The number of ether oxygens (including phenoxy) is 1. The Morgan fingerprint density at radius 2 is 1.85 bits per heavy atom. The summed E-state index contributed by atoms with van der Waals surface area (Å²) in [6.07, 6.45) is 0. The monoisotopic (exact) mass is 292 g/mol. The lowest BCUT2D eigenvalue weighted by Gasteiger charge is -2.11. The molecule has 0 aliphatic heterocycles. The van der Waals surface area contributed by atoms with Crippen molar-refractivity contribution in [1.29, 1.82) is 0 Å². The fourth-order valence-corrected chi connectivity index (χ4v) is 2.72. The van der Waals surface area contributed by atoms with Crippen molar-refractivity contribution in [2.75, 3.05) is 12.3 Å². The highest BCUT2D eigenvalue weighted by Gasteiger charge is 2.15. The number of benzene rings is 2. The molecule has 0 radical (unpaired) electrons. The zero-order valence-corrected chi connectivity index (χ0v) is 11.9. The lowest BCUT2D eigenvalue weighted by molar-refractivity contribution is 0.483. The van der Waals surface area contributed by atoms with Crippen LogP contribution in [0.15, 0.2) is 53.4 Å². The molecule has 0 saturated heterocycles. The van der Waals surface area contributed by atoms with Crippen LogP contribution in [0.3, 0.4) is 0 Å². The van der Waals surface area contributed by atoms with Gasteiger partial charge in [-0.2, -0.15) is 0 Å². The zero-order chi connectivity index (χ0) is 14.6. The summed E-state index contributed by atoms with van der Waals surface area (Å²) in [7, 11) is -3.53. The minimum Gasteiger partial charge on any atom is -0.455 e. The molecular weight excluding hydrogens is 276 g/mol. The minimum atomic E-state index is -3.53. The molecule has 0 atom stereocenters. The average Bonchev–Trinajstić information content (AvgIpc) is 2.42. The number of nitrogen functional groups attached to an aromatic ring is 1. The number of hydrogen-bond acceptors (Lipinski definition) is 4. The maximum absolute atomic E-state index is 11.9. The largest absolute Gasteiger partial charge is 0.455 e. The van der Waals surface area contributed by atoms with Crippen LogP contribution in [0.2, 0.25) is 0 Å². The van der Waals surface area contributed by atoms with Crippen LogP contribution in [0.5, 0.6) is 11.5 Å². The van der Waals surface area contributed by atoms with Crippen LogP contribution in [0.4, 0.5) is 5.69 Å². The first-order valence-corrected chi connectivity index (χ1v) is 7.63. The maximum atomic E-state index is 11.9. The van der Waals surface area contributed by atoms with Crippen molar-refractivity contribution in [1.82, 2.24) is 4.72 Å². The van der Waals surface area contributed by atoms with E-state index in [1.807, 2.05) is 18.2 Å². The quantitative estimate of drug-likeness (QED) is 0.829. The molecule has 0 heterocycles. The summed E-state index contributed by atoms with van der Waals surface area (Å²) in [4.78, 5) is 0.125. The summed E-state index contributed by atoms with van der Waals surface area (Å²) in [6, 6.07) is 13.4. The van der Waals surface area contributed by atoms with Crippen LogP contribution in [0, 0.1) is 0 Å². The molecule has 0 aliphatic carbocycles. The first kappa shape index (κ1) is 14.4. The topological polar surface area (TPSA) is 81.4 Å². The minimum absolute atomic E-state index is 0.125. The molecule has 0 aromatic heterocycles. The van der Waals surface area contributed by atoms with Crippen molar-refractivity contribution >= 4 is 15.7 Å². The molecule has 0 saturated carbocycles. The van der Waals surface area contributed by atoms with Crippen LogP contribution < -0.4 is 15.2 Å². The first-order chi connectivity index (χ1) is 9.53. The van der Waals surface area contributed by atoms with Crippen molar-refractivity contribution in [3.05, 3.63) is 48.5 Å². The lowest BCUT2D eigenvalue weighted by atomic mass is 10.3. The first-order valence-electron chi connectivity index (χ1n) is 6.15. The van der Waals surface area contributed by atoms with E-state index in [0.29, 0.717) is 23.7 Å². The molecule has 2 aromatic carbocycles. The van der Waals surface area contributed by atoms with Crippen LogP contribution in [-0.2, 0) is 10.0 Å². The molecule has 0 aliphatic rings. The average molecular weight is 292 g/mol. The van der Waals surface area contributed by atoms with E-state index in [2.05, 4.69) is 4.72 Å². The van der Waals surface area contributed by atoms with Gasteiger partial charge in [-0.25, -0.2) is 13.1 Å². The van der Waals surface area contributed by atoms with Crippen molar-refractivity contribution < 1.29 is 13.2 Å². The van der Waals surface area contributed by atoms with Crippen LogP contribution in [0.25, 0.3) is 0 Å². The van der Waals surface area contributed by atoms with Crippen molar-refractivity contribution in [2.24, 2.45) is 0 Å². The number of sulfonamides is 1. The predicted molar refractivity (Wildman–Crippen MR) is 78.2 cm³/mol. The highest BCUT2D eigenvalue weighted by Crippen LogP contribution is 2.29. The Bertz CT molecular complexity index is 685. The highest BCUT2D eigenvalue weighted by molar-refractivity contribution is 7.89. The number of hydrogen-bond donors (Lipinski definition) is 2. The predicted octanol–water partition coefficient (Wildman–Crippen LogP) is 2.36. The second kappa shape index (κ2) is 5.94. The maximum Gasteiger partial charge on any atom is 0.240 e. The van der Waals surface area contributed by atoms with Crippen molar-refractivity contribution in [3.8, 4) is 11.5 Å². The Hall–Kier alpha value is -2.05. The smallest absolute Gasteiger partial charge is 0.240 e. The van der Waals surface area contributed by atoms with E-state index in [9.17, 15) is 8.42 Å². The second-order valence-electron chi connectivity index (χ2n) is 4.12. The van der Waals surface area contributed by atoms with E-state index in [4.69, 9.17) is 10.5 Å². The van der Waals surface area contributed by atoms with Gasteiger partial charge in [0, 0.05) is 12.6 Å². The Balaban J connectivity index is 2.35. The Kier molecular flexibility index (Phi) is 4.26. The molecule has 3 N–H and O–H groups in total. The summed E-state index contributed by atoms with van der Waals surface area (Å²) in [5, 5.41) is 0. The SMILES string of the molecule is CCNS(=O)(=O)c1ccc(N)c(Oc2ccccc2)c1. The van der Waals surface area contributed by atoms with Gasteiger partial charge in [0.15, 0.2) is 5.75 Å². The van der Waals surface area contributed by atoms with Gasteiger partial charge in [0.1, 0.15) is 5.75 Å². The van der Waals surface area contributed by atoms with Gasteiger partial charge in [-0.3, -0.25) is 0 Å². The number of rotatable bonds is 5. The molecule has 0 spiro atoms. The molecule has 0 unspecified atom stereocenters. The zero-order valence-electron chi connectivity index (χ0n) is 11.0. The third-order valence-corrected chi connectivity index (χ3v) is 4.14. The summed E-state index contributed by atoms with van der Waals surface area (Å²) in [5.41, 5.74) is 6.19. The van der Waals surface area contributed by atoms with Gasteiger partial charge in [0.25, 0.3) is 0 Å². The summed E-state index contributed by atoms with van der Waals surface area (Å²) < 4.78 is 31.9. The fraction of sp³-hybridized carbons (Fsp3) is 0.143. The number of nitrogens with two attached hydrogens (primary N) is 1. The van der Waals surface area contributed by atoms with Crippen molar-refractivity contribution in [3.63, 3.8) is 0 Å². The Morgan fingerprint density at radius 1 is 1.15 bits per heavy atom. The van der Waals surface area contributed by atoms with E-state index in [0.717, 1.165) is 0 Å². The van der Waals surface area contributed by atoms with Gasteiger partial charge in [-0.1, -0.05) is 25.1 Å². The van der Waals surface area contributed by atoms with Crippen LogP contribution >= 0.6 is 0 Å². The van der Waals surface area contributed by atoms with E-state index in [1.54, 1.807) is 19.1 Å². The molecule has 0 fully saturated rings. The van der Waals surface area contributed by atoms with Crippen LogP contribution in [0.1, 0.15) is 6.92 Å². The van der Waals surface area contributed by atoms with Gasteiger partial charge < -0.3 is 10.5 Å². The fourth-order valence-electron chi connectivity index (χ4n) is 1.66. The molecule has 2 rings (SSSR count). The van der Waals surface area contributed by atoms with Crippen LogP contribution in [-0.4, -0.2) is 15.0 Å². The van der Waals surface area contributed by atoms with Gasteiger partial charge in [0.05, 0.1) is 10.6 Å². The standard InChI is InChI=1S/C14H16N2O3S/c1-2-16-20(17,18)12-8-9-13(15)14(10-12)19-11-6-4-3-5-7-11/h3-10,16H,2,15H2,1H3. The molecule has 6 heteroatoms. The molecule has 5 nitrogen and oxygen atoms in total. The summed E-state index contributed by atoms with van der Waals surface area (Å²) in [5.74, 6) is 0.910.